The number of hydrogen-bond donors (Lipinski definition) is 1. The fourth-order valence-corrected chi connectivity index (χ4v) is 2.81. The Morgan fingerprint density at radius 1 is 1.24 bits per heavy atom. The van der Waals surface area contributed by atoms with Crippen molar-refractivity contribution >= 4 is 22.6 Å². The van der Waals surface area contributed by atoms with E-state index >= 15 is 0 Å². The Hall–Kier alpha value is -1.91. The van der Waals surface area contributed by atoms with E-state index < -0.39 is 0 Å². The summed E-state index contributed by atoms with van der Waals surface area (Å²) >= 11 is 6.43. The lowest BCUT2D eigenvalue weighted by Crippen LogP contribution is -2.18. The van der Waals surface area contributed by atoms with Crippen molar-refractivity contribution < 1.29 is 0 Å². The maximum absolute atomic E-state index is 6.43. The van der Waals surface area contributed by atoms with E-state index in [1.54, 1.807) is 0 Å². The number of nitrogens with one attached hydrogen (secondary N) is 1. The van der Waals surface area contributed by atoms with Crippen molar-refractivity contribution in [2.75, 3.05) is 6.54 Å². The topological polar surface area (TPSA) is 42.7 Å². The van der Waals surface area contributed by atoms with Gasteiger partial charge in [0.2, 0.25) is 0 Å². The van der Waals surface area contributed by atoms with Crippen LogP contribution >= 0.6 is 11.6 Å². The van der Waals surface area contributed by atoms with Crippen molar-refractivity contribution in [3.05, 3.63) is 53.1 Å². The van der Waals surface area contributed by atoms with Gasteiger partial charge < -0.3 is 5.32 Å². The van der Waals surface area contributed by atoms with E-state index in [1.807, 2.05) is 47.1 Å². The monoisotopic (exact) mass is 300 g/mol. The van der Waals surface area contributed by atoms with Crippen molar-refractivity contribution in [3.8, 4) is 5.69 Å². The van der Waals surface area contributed by atoms with E-state index in [0.29, 0.717) is 0 Å². The van der Waals surface area contributed by atoms with Crippen molar-refractivity contribution in [2.45, 2.75) is 19.9 Å². The maximum Gasteiger partial charge on any atom is 0.113 e. The minimum Gasteiger partial charge on any atom is -0.310 e. The lowest BCUT2D eigenvalue weighted by molar-refractivity contribution is 0.598. The average molecular weight is 301 g/mol. The zero-order valence-electron chi connectivity index (χ0n) is 12.0. The smallest absolute Gasteiger partial charge is 0.113 e. The highest BCUT2D eigenvalue weighted by atomic mass is 35.5. The Bertz CT molecular complexity index is 766. The molecule has 0 radical (unpaired) electrons. The van der Waals surface area contributed by atoms with Gasteiger partial charge in [0.1, 0.15) is 5.52 Å². The summed E-state index contributed by atoms with van der Waals surface area (Å²) in [4.78, 5) is 0. The molecule has 1 aromatic heterocycles. The summed E-state index contributed by atoms with van der Waals surface area (Å²) in [5.41, 5.74) is 3.85. The summed E-state index contributed by atoms with van der Waals surface area (Å²) in [5.74, 6) is 0. The molecule has 0 fully saturated rings. The number of para-hydroxylation sites is 1. The van der Waals surface area contributed by atoms with Gasteiger partial charge in [0.05, 0.1) is 11.2 Å². The highest BCUT2D eigenvalue weighted by Crippen LogP contribution is 2.26. The zero-order valence-corrected chi connectivity index (χ0v) is 12.8. The first-order valence-corrected chi connectivity index (χ1v) is 7.42. The van der Waals surface area contributed by atoms with E-state index in [-0.39, 0.29) is 6.04 Å². The van der Waals surface area contributed by atoms with E-state index in [2.05, 4.69) is 29.5 Å². The molecule has 0 aliphatic heterocycles. The van der Waals surface area contributed by atoms with Gasteiger partial charge in [-0.1, -0.05) is 41.9 Å². The number of fused-ring (bicyclic) bond motifs is 1. The van der Waals surface area contributed by atoms with Crippen molar-refractivity contribution in [3.63, 3.8) is 0 Å². The average Bonchev–Trinajstić information content (AvgIpc) is 2.91. The van der Waals surface area contributed by atoms with Crippen LogP contribution in [-0.4, -0.2) is 21.5 Å². The van der Waals surface area contributed by atoms with Crippen LogP contribution in [0, 0.1) is 0 Å². The Balaban J connectivity index is 2.02. The molecule has 0 bridgehead atoms. The lowest BCUT2D eigenvalue weighted by atomic mass is 10.1. The second-order valence-electron chi connectivity index (χ2n) is 4.98. The molecule has 0 aliphatic rings. The minimum absolute atomic E-state index is 0.226. The van der Waals surface area contributed by atoms with Crippen LogP contribution in [0.3, 0.4) is 0 Å². The number of rotatable bonds is 4. The van der Waals surface area contributed by atoms with Crippen LogP contribution in [-0.2, 0) is 0 Å². The normalized spacial score (nSPS) is 12.7. The molecule has 0 aliphatic carbocycles. The first kappa shape index (κ1) is 14.0. The molecule has 108 valence electrons. The molecule has 1 heterocycles. The molecule has 3 rings (SSSR count). The molecule has 3 aromatic rings. The van der Waals surface area contributed by atoms with Crippen LogP contribution in [0.4, 0.5) is 0 Å². The van der Waals surface area contributed by atoms with E-state index in [4.69, 9.17) is 11.6 Å². The van der Waals surface area contributed by atoms with Crippen LogP contribution < -0.4 is 5.32 Å². The molecule has 21 heavy (non-hydrogen) atoms. The summed E-state index contributed by atoms with van der Waals surface area (Å²) in [7, 11) is 0. The standard InChI is InChI=1S/C16H17ClN4/c1-3-18-11(2)13-9-8-12(10-14(13)17)21-16-7-5-4-6-15(16)19-20-21/h4-11,18H,3H2,1-2H3. The predicted octanol–water partition coefficient (Wildman–Crippen LogP) is 3.74. The van der Waals surface area contributed by atoms with Gasteiger partial charge in [0.15, 0.2) is 0 Å². The third-order valence-electron chi connectivity index (χ3n) is 3.56. The Labute approximate surface area is 128 Å². The van der Waals surface area contributed by atoms with Crippen molar-refractivity contribution in [1.29, 1.82) is 0 Å². The summed E-state index contributed by atoms with van der Waals surface area (Å²) < 4.78 is 1.81. The maximum atomic E-state index is 6.43. The largest absolute Gasteiger partial charge is 0.310 e. The first-order valence-electron chi connectivity index (χ1n) is 7.04. The number of hydrogen-bond acceptors (Lipinski definition) is 3. The van der Waals surface area contributed by atoms with Crippen LogP contribution in [0.25, 0.3) is 16.7 Å². The second-order valence-corrected chi connectivity index (χ2v) is 5.38. The highest BCUT2D eigenvalue weighted by Gasteiger charge is 2.11. The van der Waals surface area contributed by atoms with Gasteiger partial charge in [-0.15, -0.1) is 5.10 Å². The second kappa shape index (κ2) is 5.84. The number of benzene rings is 2. The summed E-state index contributed by atoms with van der Waals surface area (Å²) in [6.07, 6.45) is 0. The summed E-state index contributed by atoms with van der Waals surface area (Å²) in [5, 5.41) is 12.5. The molecule has 1 unspecified atom stereocenters. The van der Waals surface area contributed by atoms with Gasteiger partial charge in [-0.2, -0.15) is 0 Å². The van der Waals surface area contributed by atoms with Gasteiger partial charge in [0, 0.05) is 11.1 Å². The fourth-order valence-electron chi connectivity index (χ4n) is 2.47. The molecule has 5 heteroatoms. The molecular weight excluding hydrogens is 284 g/mol. The van der Waals surface area contributed by atoms with Gasteiger partial charge in [0.25, 0.3) is 0 Å². The molecule has 0 amide bonds. The molecule has 0 saturated carbocycles. The van der Waals surface area contributed by atoms with E-state index in [1.165, 1.54) is 0 Å². The van der Waals surface area contributed by atoms with E-state index in [0.717, 1.165) is 33.9 Å². The zero-order chi connectivity index (χ0) is 14.8. The quantitative estimate of drug-likeness (QED) is 0.798. The van der Waals surface area contributed by atoms with Crippen LogP contribution in [0.15, 0.2) is 42.5 Å². The molecule has 2 aromatic carbocycles. The van der Waals surface area contributed by atoms with Crippen LogP contribution in [0.2, 0.25) is 5.02 Å². The Morgan fingerprint density at radius 2 is 2.05 bits per heavy atom. The summed E-state index contributed by atoms with van der Waals surface area (Å²) in [6, 6.07) is 14.1. The SMILES string of the molecule is CCNC(C)c1ccc(-n2nnc3ccccc32)cc1Cl. The van der Waals surface area contributed by atoms with Gasteiger partial charge in [-0.05, 0) is 43.3 Å². The number of nitrogens with zero attached hydrogens (tertiary/aromatic N) is 3. The number of aromatic nitrogens is 3. The van der Waals surface area contributed by atoms with Crippen molar-refractivity contribution in [1.82, 2.24) is 20.3 Å². The molecule has 1 atom stereocenters. The summed E-state index contributed by atoms with van der Waals surface area (Å²) in [6.45, 7) is 5.10. The Morgan fingerprint density at radius 3 is 2.81 bits per heavy atom. The third-order valence-corrected chi connectivity index (χ3v) is 3.88. The Kier molecular flexibility index (Phi) is 3.90. The number of halogens is 1. The third kappa shape index (κ3) is 2.64. The van der Waals surface area contributed by atoms with Crippen LogP contribution in [0.1, 0.15) is 25.5 Å². The molecule has 0 saturated heterocycles. The molecule has 1 N–H and O–H groups in total. The predicted molar refractivity (Wildman–Crippen MR) is 86.0 cm³/mol. The van der Waals surface area contributed by atoms with E-state index in [9.17, 15) is 0 Å². The first-order chi connectivity index (χ1) is 10.2. The van der Waals surface area contributed by atoms with Crippen LogP contribution in [0.5, 0.6) is 0 Å². The van der Waals surface area contributed by atoms with Gasteiger partial charge in [-0.25, -0.2) is 4.68 Å². The minimum atomic E-state index is 0.226. The fraction of sp³-hybridized carbons (Fsp3) is 0.250. The highest BCUT2D eigenvalue weighted by molar-refractivity contribution is 6.31. The molecule has 4 nitrogen and oxygen atoms in total. The van der Waals surface area contributed by atoms with Gasteiger partial charge in [-0.3, -0.25) is 0 Å². The van der Waals surface area contributed by atoms with Crippen molar-refractivity contribution in [2.24, 2.45) is 0 Å². The lowest BCUT2D eigenvalue weighted by Gasteiger charge is -2.15. The molecule has 0 spiro atoms. The molecular formula is C16H17ClN4. The van der Waals surface area contributed by atoms with Gasteiger partial charge >= 0.3 is 0 Å².